The topological polar surface area (TPSA) is 37.4 Å². The minimum Gasteiger partial charge on any atom is -0.377 e. The zero-order valence-corrected chi connectivity index (χ0v) is 11.6. The van der Waals surface area contributed by atoms with Crippen LogP contribution >= 0.6 is 0 Å². The van der Waals surface area contributed by atoms with Gasteiger partial charge in [0.05, 0.1) is 11.3 Å². The van der Waals surface area contributed by atoms with Crippen LogP contribution in [0.25, 0.3) is 0 Å². The largest absolute Gasteiger partial charge is 0.377 e. The first kappa shape index (κ1) is 13.3. The smallest absolute Gasteiger partial charge is 0.128 e. The van der Waals surface area contributed by atoms with E-state index in [-0.39, 0.29) is 5.60 Å². The van der Waals surface area contributed by atoms with E-state index >= 15 is 0 Å². The van der Waals surface area contributed by atoms with Crippen molar-refractivity contribution < 1.29 is 4.74 Å². The normalized spacial score (nSPS) is 24.3. The summed E-state index contributed by atoms with van der Waals surface area (Å²) in [6.45, 7) is 4.97. The SMILES string of the molecule is CNCc1cccc(N2CCCC(C)(OC)C2)n1. The standard InChI is InChI=1S/C14H23N3O/c1-14(18-3)8-5-9-17(11-14)13-7-4-6-12(16-13)10-15-2/h4,6-7,15H,5,8-11H2,1-3H3. The molecule has 1 aliphatic heterocycles. The van der Waals surface area contributed by atoms with Gasteiger partial charge in [-0.25, -0.2) is 4.98 Å². The average molecular weight is 249 g/mol. The number of rotatable bonds is 4. The van der Waals surface area contributed by atoms with Crippen LogP contribution in [0.2, 0.25) is 0 Å². The van der Waals surface area contributed by atoms with E-state index in [1.54, 1.807) is 7.11 Å². The lowest BCUT2D eigenvalue weighted by Crippen LogP contribution is -2.47. The highest BCUT2D eigenvalue weighted by Crippen LogP contribution is 2.26. The van der Waals surface area contributed by atoms with Crippen molar-refractivity contribution in [2.24, 2.45) is 0 Å². The van der Waals surface area contributed by atoms with Crippen LogP contribution in [0.5, 0.6) is 0 Å². The highest BCUT2D eigenvalue weighted by atomic mass is 16.5. The van der Waals surface area contributed by atoms with Gasteiger partial charge >= 0.3 is 0 Å². The fourth-order valence-corrected chi connectivity index (χ4v) is 2.49. The second-order valence-corrected chi connectivity index (χ2v) is 5.20. The van der Waals surface area contributed by atoms with E-state index in [1.165, 1.54) is 0 Å². The number of pyridine rings is 1. The Bertz CT molecular complexity index is 396. The van der Waals surface area contributed by atoms with E-state index in [1.807, 2.05) is 7.05 Å². The molecule has 1 aromatic heterocycles. The van der Waals surface area contributed by atoms with Crippen LogP contribution in [-0.2, 0) is 11.3 Å². The third-order valence-electron chi connectivity index (χ3n) is 3.63. The summed E-state index contributed by atoms with van der Waals surface area (Å²) in [4.78, 5) is 7.02. The Morgan fingerprint density at radius 3 is 3.06 bits per heavy atom. The Morgan fingerprint density at radius 2 is 2.33 bits per heavy atom. The summed E-state index contributed by atoms with van der Waals surface area (Å²) < 4.78 is 5.63. The van der Waals surface area contributed by atoms with E-state index < -0.39 is 0 Å². The lowest BCUT2D eigenvalue weighted by atomic mass is 9.95. The monoisotopic (exact) mass is 249 g/mol. The summed E-state index contributed by atoms with van der Waals surface area (Å²) >= 11 is 0. The molecule has 4 heteroatoms. The third-order valence-corrected chi connectivity index (χ3v) is 3.63. The van der Waals surface area contributed by atoms with Gasteiger partial charge in [-0.3, -0.25) is 0 Å². The molecule has 1 N–H and O–H groups in total. The highest BCUT2D eigenvalue weighted by Gasteiger charge is 2.31. The molecule has 0 saturated carbocycles. The number of hydrogen-bond donors (Lipinski definition) is 1. The Balaban J connectivity index is 2.13. The lowest BCUT2D eigenvalue weighted by Gasteiger charge is -2.40. The van der Waals surface area contributed by atoms with Crippen molar-refractivity contribution in [2.75, 3.05) is 32.1 Å². The molecule has 0 spiro atoms. The van der Waals surface area contributed by atoms with Gasteiger partial charge in [0.2, 0.25) is 0 Å². The fraction of sp³-hybridized carbons (Fsp3) is 0.643. The summed E-state index contributed by atoms with van der Waals surface area (Å²) in [5.74, 6) is 1.06. The maximum Gasteiger partial charge on any atom is 0.128 e. The van der Waals surface area contributed by atoms with Crippen LogP contribution in [0.1, 0.15) is 25.5 Å². The first-order valence-corrected chi connectivity index (χ1v) is 6.57. The number of piperidine rings is 1. The number of nitrogens with one attached hydrogen (secondary N) is 1. The number of anilines is 1. The molecule has 18 heavy (non-hydrogen) atoms. The van der Waals surface area contributed by atoms with Gasteiger partial charge in [-0.2, -0.15) is 0 Å². The molecule has 0 amide bonds. The number of aromatic nitrogens is 1. The predicted molar refractivity (Wildman–Crippen MR) is 73.9 cm³/mol. The predicted octanol–water partition coefficient (Wildman–Crippen LogP) is 1.81. The highest BCUT2D eigenvalue weighted by molar-refractivity contribution is 5.40. The molecule has 0 aromatic carbocycles. The maximum absolute atomic E-state index is 5.63. The van der Waals surface area contributed by atoms with Gasteiger partial charge in [0.15, 0.2) is 0 Å². The van der Waals surface area contributed by atoms with Crippen LogP contribution < -0.4 is 10.2 Å². The molecule has 1 aliphatic rings. The van der Waals surface area contributed by atoms with E-state index in [4.69, 9.17) is 9.72 Å². The molecule has 100 valence electrons. The molecule has 1 atom stereocenters. The Labute approximate surface area is 109 Å². The zero-order chi connectivity index (χ0) is 13.0. The molecular formula is C14H23N3O. The molecule has 4 nitrogen and oxygen atoms in total. The van der Waals surface area contributed by atoms with Crippen molar-refractivity contribution in [3.8, 4) is 0 Å². The number of methoxy groups -OCH3 is 1. The van der Waals surface area contributed by atoms with Crippen LogP contribution in [0.4, 0.5) is 5.82 Å². The molecule has 1 fully saturated rings. The second kappa shape index (κ2) is 5.67. The number of hydrogen-bond acceptors (Lipinski definition) is 4. The first-order chi connectivity index (χ1) is 8.67. The minimum atomic E-state index is -0.0427. The number of ether oxygens (including phenoxy) is 1. The molecule has 0 radical (unpaired) electrons. The summed E-state index contributed by atoms with van der Waals surface area (Å²) in [5.41, 5.74) is 1.04. The van der Waals surface area contributed by atoms with Crippen LogP contribution in [0.15, 0.2) is 18.2 Å². The molecule has 0 aliphatic carbocycles. The van der Waals surface area contributed by atoms with Gasteiger partial charge in [0.1, 0.15) is 5.82 Å². The van der Waals surface area contributed by atoms with Crippen molar-refractivity contribution in [2.45, 2.75) is 31.9 Å². The minimum absolute atomic E-state index is 0.0427. The van der Waals surface area contributed by atoms with Gasteiger partial charge < -0.3 is 15.0 Å². The Morgan fingerprint density at radius 1 is 1.50 bits per heavy atom. The van der Waals surface area contributed by atoms with Gasteiger partial charge in [0, 0.05) is 26.7 Å². The van der Waals surface area contributed by atoms with E-state index in [2.05, 4.69) is 35.3 Å². The molecule has 1 aromatic rings. The summed E-state index contributed by atoms with van der Waals surface area (Å²) in [6, 6.07) is 6.22. The van der Waals surface area contributed by atoms with Crippen LogP contribution in [-0.4, -0.2) is 37.8 Å². The van der Waals surface area contributed by atoms with Gasteiger partial charge in [-0.15, -0.1) is 0 Å². The molecular weight excluding hydrogens is 226 g/mol. The molecule has 2 rings (SSSR count). The maximum atomic E-state index is 5.63. The molecule has 0 bridgehead atoms. The number of nitrogens with zero attached hydrogens (tertiary/aromatic N) is 2. The van der Waals surface area contributed by atoms with Gasteiger partial charge in [-0.1, -0.05) is 6.07 Å². The van der Waals surface area contributed by atoms with Crippen molar-refractivity contribution in [3.63, 3.8) is 0 Å². The van der Waals surface area contributed by atoms with Crippen LogP contribution in [0.3, 0.4) is 0 Å². The van der Waals surface area contributed by atoms with Crippen molar-refractivity contribution >= 4 is 5.82 Å². The van der Waals surface area contributed by atoms with Crippen LogP contribution in [0, 0.1) is 0 Å². The van der Waals surface area contributed by atoms with Crippen molar-refractivity contribution in [3.05, 3.63) is 23.9 Å². The quantitative estimate of drug-likeness (QED) is 0.883. The fourth-order valence-electron chi connectivity index (χ4n) is 2.49. The summed E-state index contributed by atoms with van der Waals surface area (Å²) in [5, 5.41) is 3.14. The second-order valence-electron chi connectivity index (χ2n) is 5.20. The molecule has 2 heterocycles. The Hall–Kier alpha value is -1.13. The third kappa shape index (κ3) is 3.00. The molecule has 1 unspecified atom stereocenters. The molecule has 1 saturated heterocycles. The van der Waals surface area contributed by atoms with Gasteiger partial charge in [-0.05, 0) is 38.9 Å². The van der Waals surface area contributed by atoms with Crippen molar-refractivity contribution in [1.82, 2.24) is 10.3 Å². The Kier molecular flexibility index (Phi) is 4.19. The van der Waals surface area contributed by atoms with E-state index in [9.17, 15) is 0 Å². The first-order valence-electron chi connectivity index (χ1n) is 6.57. The van der Waals surface area contributed by atoms with Gasteiger partial charge in [0.25, 0.3) is 0 Å². The summed E-state index contributed by atoms with van der Waals surface area (Å²) in [6.07, 6.45) is 2.28. The van der Waals surface area contributed by atoms with E-state index in [0.717, 1.165) is 44.0 Å². The summed E-state index contributed by atoms with van der Waals surface area (Å²) in [7, 11) is 3.74. The van der Waals surface area contributed by atoms with Crippen molar-refractivity contribution in [1.29, 1.82) is 0 Å². The zero-order valence-electron chi connectivity index (χ0n) is 11.6. The van der Waals surface area contributed by atoms with E-state index in [0.29, 0.717) is 0 Å². The lowest BCUT2D eigenvalue weighted by molar-refractivity contribution is -0.00482. The average Bonchev–Trinajstić information content (AvgIpc) is 2.40.